The lowest BCUT2D eigenvalue weighted by Gasteiger charge is -2.24. The summed E-state index contributed by atoms with van der Waals surface area (Å²) >= 11 is 8.01. The number of carbonyl (C=O) groups is 1. The number of benzene rings is 1. The molecule has 5 heteroatoms. The molecule has 0 aliphatic heterocycles. The van der Waals surface area contributed by atoms with E-state index in [1.165, 1.54) is 0 Å². The van der Waals surface area contributed by atoms with Gasteiger partial charge in [0, 0.05) is 8.59 Å². The SMILES string of the molecule is CCNC(C)(C)C(=O)Nc1ccc(Cl)cc1I. The van der Waals surface area contributed by atoms with Crippen LogP contribution in [0.4, 0.5) is 5.69 Å². The molecule has 2 N–H and O–H groups in total. The molecule has 1 rings (SSSR count). The van der Waals surface area contributed by atoms with Crippen LogP contribution in [0.3, 0.4) is 0 Å². The molecule has 94 valence electrons. The minimum absolute atomic E-state index is 0.0559. The van der Waals surface area contributed by atoms with Crippen molar-refractivity contribution in [2.75, 3.05) is 11.9 Å². The maximum atomic E-state index is 12.1. The Labute approximate surface area is 120 Å². The van der Waals surface area contributed by atoms with Crippen LogP contribution >= 0.6 is 34.2 Å². The van der Waals surface area contributed by atoms with Crippen molar-refractivity contribution in [2.45, 2.75) is 26.3 Å². The molecule has 0 bridgehead atoms. The fraction of sp³-hybridized carbons (Fsp3) is 0.417. The lowest BCUT2D eigenvalue weighted by Crippen LogP contribution is -2.49. The number of carbonyl (C=O) groups excluding carboxylic acids is 1. The highest BCUT2D eigenvalue weighted by Gasteiger charge is 2.26. The van der Waals surface area contributed by atoms with Crippen LogP contribution in [0.25, 0.3) is 0 Å². The Morgan fingerprint density at radius 1 is 1.47 bits per heavy atom. The van der Waals surface area contributed by atoms with E-state index in [4.69, 9.17) is 11.6 Å². The van der Waals surface area contributed by atoms with Crippen LogP contribution in [0.5, 0.6) is 0 Å². The quantitative estimate of drug-likeness (QED) is 0.803. The van der Waals surface area contributed by atoms with Crippen LogP contribution in [0, 0.1) is 3.57 Å². The van der Waals surface area contributed by atoms with Crippen LogP contribution in [0.1, 0.15) is 20.8 Å². The summed E-state index contributed by atoms with van der Waals surface area (Å²) in [4.78, 5) is 12.1. The van der Waals surface area contributed by atoms with Crippen LogP contribution in [-0.2, 0) is 4.79 Å². The first-order valence-corrected chi connectivity index (χ1v) is 6.84. The fourth-order valence-corrected chi connectivity index (χ4v) is 2.40. The van der Waals surface area contributed by atoms with E-state index >= 15 is 0 Å². The van der Waals surface area contributed by atoms with Gasteiger partial charge in [-0.3, -0.25) is 4.79 Å². The largest absolute Gasteiger partial charge is 0.324 e. The normalized spacial score (nSPS) is 11.4. The predicted octanol–water partition coefficient (Wildman–Crippen LogP) is 3.27. The summed E-state index contributed by atoms with van der Waals surface area (Å²) in [7, 11) is 0. The van der Waals surface area contributed by atoms with Crippen molar-refractivity contribution in [1.29, 1.82) is 0 Å². The number of hydrogen-bond donors (Lipinski definition) is 2. The van der Waals surface area contributed by atoms with Gasteiger partial charge in [0.25, 0.3) is 0 Å². The molecule has 17 heavy (non-hydrogen) atoms. The van der Waals surface area contributed by atoms with Crippen molar-refractivity contribution in [1.82, 2.24) is 5.32 Å². The third kappa shape index (κ3) is 4.12. The van der Waals surface area contributed by atoms with Gasteiger partial charge in [-0.25, -0.2) is 0 Å². The predicted molar refractivity (Wildman–Crippen MR) is 80.6 cm³/mol. The van der Waals surface area contributed by atoms with Crippen molar-refractivity contribution in [2.24, 2.45) is 0 Å². The first kappa shape index (κ1) is 14.7. The van der Waals surface area contributed by atoms with Crippen LogP contribution in [-0.4, -0.2) is 18.0 Å². The second kappa shape index (κ2) is 6.02. The van der Waals surface area contributed by atoms with E-state index in [0.29, 0.717) is 5.02 Å². The number of likely N-dealkylation sites (N-methyl/N-ethyl adjacent to an activating group) is 1. The van der Waals surface area contributed by atoms with Gasteiger partial charge in [-0.1, -0.05) is 18.5 Å². The molecule has 1 amide bonds. The van der Waals surface area contributed by atoms with E-state index in [1.807, 2.05) is 32.9 Å². The average molecular weight is 367 g/mol. The highest BCUT2D eigenvalue weighted by Crippen LogP contribution is 2.23. The summed E-state index contributed by atoms with van der Waals surface area (Å²) in [6.07, 6.45) is 0. The third-order valence-corrected chi connectivity index (χ3v) is 3.49. The zero-order valence-corrected chi connectivity index (χ0v) is 13.0. The first-order chi connectivity index (χ1) is 7.86. The molecule has 0 saturated heterocycles. The molecular formula is C12H16ClIN2O. The van der Waals surface area contributed by atoms with Gasteiger partial charge in [0.1, 0.15) is 0 Å². The van der Waals surface area contributed by atoms with E-state index in [2.05, 4.69) is 33.2 Å². The Hall–Kier alpha value is -0.330. The molecule has 0 atom stereocenters. The zero-order chi connectivity index (χ0) is 13.1. The third-order valence-electron chi connectivity index (χ3n) is 2.37. The highest BCUT2D eigenvalue weighted by molar-refractivity contribution is 14.1. The first-order valence-electron chi connectivity index (χ1n) is 5.38. The lowest BCUT2D eigenvalue weighted by atomic mass is 10.0. The molecule has 1 aromatic carbocycles. The van der Waals surface area contributed by atoms with E-state index < -0.39 is 5.54 Å². The molecule has 0 radical (unpaired) electrons. The highest BCUT2D eigenvalue weighted by atomic mass is 127. The van der Waals surface area contributed by atoms with Crippen molar-refractivity contribution in [3.8, 4) is 0 Å². The van der Waals surface area contributed by atoms with Crippen molar-refractivity contribution in [3.63, 3.8) is 0 Å². The number of rotatable bonds is 4. The Morgan fingerprint density at radius 3 is 2.65 bits per heavy atom. The molecule has 0 heterocycles. The fourth-order valence-electron chi connectivity index (χ4n) is 1.39. The number of halogens is 2. The summed E-state index contributed by atoms with van der Waals surface area (Å²) < 4.78 is 0.927. The second-order valence-electron chi connectivity index (χ2n) is 4.23. The lowest BCUT2D eigenvalue weighted by molar-refractivity contribution is -0.121. The molecule has 0 aliphatic carbocycles. The number of anilines is 1. The van der Waals surface area contributed by atoms with Crippen LogP contribution in [0.2, 0.25) is 5.02 Å². The molecule has 3 nitrogen and oxygen atoms in total. The summed E-state index contributed by atoms with van der Waals surface area (Å²) in [6, 6.07) is 5.39. The molecule has 0 saturated carbocycles. The van der Waals surface area contributed by atoms with Gasteiger partial charge in [-0.05, 0) is 61.2 Å². The Morgan fingerprint density at radius 2 is 2.12 bits per heavy atom. The Kier molecular flexibility index (Phi) is 5.22. The molecular weight excluding hydrogens is 351 g/mol. The topological polar surface area (TPSA) is 41.1 Å². The molecule has 1 aromatic rings. The van der Waals surface area contributed by atoms with Crippen molar-refractivity contribution < 1.29 is 4.79 Å². The minimum atomic E-state index is -0.586. The zero-order valence-electron chi connectivity index (χ0n) is 10.1. The molecule has 0 unspecified atom stereocenters. The Balaban J connectivity index is 2.81. The molecule has 0 fully saturated rings. The maximum absolute atomic E-state index is 12.1. The van der Waals surface area contributed by atoms with E-state index in [0.717, 1.165) is 15.8 Å². The smallest absolute Gasteiger partial charge is 0.244 e. The summed E-state index contributed by atoms with van der Waals surface area (Å²) in [5.41, 5.74) is 0.197. The van der Waals surface area contributed by atoms with Crippen molar-refractivity contribution >= 4 is 45.8 Å². The minimum Gasteiger partial charge on any atom is -0.324 e. The number of amides is 1. The second-order valence-corrected chi connectivity index (χ2v) is 5.83. The number of hydrogen-bond acceptors (Lipinski definition) is 2. The standard InChI is InChI=1S/C12H16ClIN2O/c1-4-15-12(2,3)11(17)16-10-6-5-8(13)7-9(10)14/h5-7,15H,4H2,1-3H3,(H,16,17). The van der Waals surface area contributed by atoms with Crippen molar-refractivity contribution in [3.05, 3.63) is 26.8 Å². The summed E-state index contributed by atoms with van der Waals surface area (Å²) in [5.74, 6) is -0.0559. The molecule has 0 aromatic heterocycles. The molecule has 0 spiro atoms. The summed E-state index contributed by atoms with van der Waals surface area (Å²) in [5, 5.41) is 6.69. The van der Waals surface area contributed by atoms with Gasteiger partial charge >= 0.3 is 0 Å². The van der Waals surface area contributed by atoms with Gasteiger partial charge in [0.2, 0.25) is 5.91 Å². The maximum Gasteiger partial charge on any atom is 0.244 e. The van der Waals surface area contributed by atoms with Gasteiger partial charge in [-0.15, -0.1) is 0 Å². The summed E-state index contributed by atoms with van der Waals surface area (Å²) in [6.45, 7) is 6.43. The average Bonchev–Trinajstić information content (AvgIpc) is 2.22. The van der Waals surface area contributed by atoms with Gasteiger partial charge in [0.05, 0.1) is 11.2 Å². The van der Waals surface area contributed by atoms with E-state index in [-0.39, 0.29) is 5.91 Å². The van der Waals surface area contributed by atoms with Gasteiger partial charge in [-0.2, -0.15) is 0 Å². The van der Waals surface area contributed by atoms with Gasteiger partial charge in [0.15, 0.2) is 0 Å². The van der Waals surface area contributed by atoms with E-state index in [1.54, 1.807) is 6.07 Å². The van der Waals surface area contributed by atoms with Crippen LogP contribution in [0.15, 0.2) is 18.2 Å². The van der Waals surface area contributed by atoms with E-state index in [9.17, 15) is 4.79 Å². The Bertz CT molecular complexity index is 421. The van der Waals surface area contributed by atoms with Crippen LogP contribution < -0.4 is 10.6 Å². The monoisotopic (exact) mass is 366 g/mol. The molecule has 0 aliphatic rings. The van der Waals surface area contributed by atoms with Gasteiger partial charge < -0.3 is 10.6 Å². The number of nitrogens with one attached hydrogen (secondary N) is 2.